The number of benzene rings is 2. The molecule has 57 heavy (non-hydrogen) atoms. The van der Waals surface area contributed by atoms with Gasteiger partial charge >= 0.3 is 6.09 Å². The van der Waals surface area contributed by atoms with Crippen LogP contribution in [0, 0.1) is 0 Å². The average molecular weight is 783 g/mol. The monoisotopic (exact) mass is 782 g/mol. The molecule has 2 aromatic rings. The quantitative estimate of drug-likeness (QED) is 0.121. The molecular formula is C43H54N6O8. The van der Waals surface area contributed by atoms with Crippen LogP contribution in [0.3, 0.4) is 0 Å². The van der Waals surface area contributed by atoms with E-state index in [2.05, 4.69) is 15.3 Å². The molecule has 0 saturated heterocycles. The summed E-state index contributed by atoms with van der Waals surface area (Å²) in [4.78, 5) is 95.8. The molecule has 0 aliphatic carbocycles. The van der Waals surface area contributed by atoms with Gasteiger partial charge in [-0.15, -0.1) is 0 Å². The Bertz CT molecular complexity index is 1980. The first kappa shape index (κ1) is 45.3. The number of amides is 3. The molecule has 0 fully saturated rings. The maximum Gasteiger partial charge on any atom is 0.413 e. The number of hydrogen-bond donors (Lipinski definition) is 2. The van der Waals surface area contributed by atoms with Crippen LogP contribution < -0.4 is 11.1 Å². The maximum absolute atomic E-state index is 13.3. The number of aliphatic imine (C=N–C) groups is 2. The number of ketones is 2. The van der Waals surface area contributed by atoms with Gasteiger partial charge in [0.1, 0.15) is 17.3 Å². The molecule has 0 bridgehead atoms. The number of nitrogens with two attached hydrogens (primary N) is 1. The molecule has 3 amide bonds. The van der Waals surface area contributed by atoms with Gasteiger partial charge in [0, 0.05) is 72.4 Å². The lowest BCUT2D eigenvalue weighted by Crippen LogP contribution is -2.38. The number of amidine groups is 2. The van der Waals surface area contributed by atoms with Gasteiger partial charge in [-0.25, -0.2) is 14.8 Å². The highest BCUT2D eigenvalue weighted by molar-refractivity contribution is 6.34. The number of alkyl carbamates (subject to hydrolysis) is 1. The van der Waals surface area contributed by atoms with Gasteiger partial charge in [-0.3, -0.25) is 34.1 Å². The third-order valence-corrected chi connectivity index (χ3v) is 8.50. The lowest BCUT2D eigenvalue weighted by atomic mass is 10.0. The maximum atomic E-state index is 13.3. The minimum absolute atomic E-state index is 0.0391. The van der Waals surface area contributed by atoms with E-state index in [9.17, 15) is 33.6 Å². The SMILES string of the molecule is CCCN(CCC)C(=O)C1=Cc2ccc(C(=O)C=O)cc2N=C(N)C1.CCCN(CCC)C(=O)C1=Cc2ccc(C(=O)C=O)cc2N=C(NC(=O)OC(C)(C)C)C1. The molecule has 2 aliphatic rings. The Hall–Kier alpha value is -6.05. The van der Waals surface area contributed by atoms with Crippen molar-refractivity contribution in [2.45, 2.75) is 92.6 Å². The molecule has 4 rings (SSSR count). The number of ether oxygens (including phenoxy) is 1. The minimum atomic E-state index is -0.704. The number of fused-ring (bicyclic) bond motifs is 2. The second-order valence-electron chi connectivity index (χ2n) is 14.6. The van der Waals surface area contributed by atoms with Gasteiger partial charge in [-0.05, 0) is 70.7 Å². The van der Waals surface area contributed by atoms with Crippen LogP contribution in [0.2, 0.25) is 0 Å². The standard InChI is InChI=1S/C24H31N3O5.C19H23N3O3/c1-6-10-27(11-7-2)22(30)18-12-16-8-9-17(20(29)15-28)13-19(16)25-21(14-18)26-23(31)32-24(3,4)5;1-3-7-22(8-4-2)19(25)15-9-13-5-6-14(17(24)12-23)10-16(13)21-18(20)11-15/h8-9,12-13,15H,6-7,10-11,14H2,1-5H3,(H,25,26,31);5-6,9-10,12H,3-4,7-8,11H2,1-2H3,(H2,20,21). The van der Waals surface area contributed by atoms with E-state index >= 15 is 0 Å². The summed E-state index contributed by atoms with van der Waals surface area (Å²) in [7, 11) is 0. The molecule has 0 spiro atoms. The smallest absolute Gasteiger partial charge is 0.413 e. The number of carbonyl (C=O) groups excluding carboxylic acids is 7. The summed E-state index contributed by atoms with van der Waals surface area (Å²) in [6.45, 7) is 16.0. The second-order valence-corrected chi connectivity index (χ2v) is 14.6. The van der Waals surface area contributed by atoms with E-state index in [1.54, 1.807) is 56.0 Å². The number of rotatable bonds is 14. The summed E-state index contributed by atoms with van der Waals surface area (Å²) >= 11 is 0. The van der Waals surface area contributed by atoms with Crippen LogP contribution in [0.25, 0.3) is 12.2 Å². The summed E-state index contributed by atoms with van der Waals surface area (Å²) in [6.07, 6.45) is 7.07. The highest BCUT2D eigenvalue weighted by Crippen LogP contribution is 2.30. The van der Waals surface area contributed by atoms with Crippen molar-refractivity contribution in [3.05, 3.63) is 69.8 Å². The van der Waals surface area contributed by atoms with Crippen molar-refractivity contribution < 1.29 is 38.3 Å². The zero-order valence-electron chi connectivity index (χ0n) is 34.0. The topological polar surface area (TPSA) is 198 Å². The van der Waals surface area contributed by atoms with Gasteiger partial charge in [0.05, 0.1) is 11.4 Å². The fourth-order valence-corrected chi connectivity index (χ4v) is 6.08. The molecule has 0 atom stereocenters. The van der Waals surface area contributed by atoms with Gasteiger partial charge in [0.2, 0.25) is 23.4 Å². The van der Waals surface area contributed by atoms with Crippen LogP contribution in [0.15, 0.2) is 57.5 Å². The molecule has 2 aliphatic heterocycles. The summed E-state index contributed by atoms with van der Waals surface area (Å²) in [5, 5.41) is 2.63. The molecule has 3 N–H and O–H groups in total. The minimum Gasteiger partial charge on any atom is -0.444 e. The van der Waals surface area contributed by atoms with Crippen molar-refractivity contribution in [3.8, 4) is 0 Å². The van der Waals surface area contributed by atoms with E-state index in [0.717, 1.165) is 25.7 Å². The van der Waals surface area contributed by atoms with Crippen molar-refractivity contribution in [1.82, 2.24) is 15.1 Å². The van der Waals surface area contributed by atoms with Crippen LogP contribution in [-0.4, -0.2) is 95.3 Å². The van der Waals surface area contributed by atoms with Gasteiger partial charge in [-0.1, -0.05) is 52.0 Å². The average Bonchev–Trinajstić information content (AvgIpc) is 3.45. The highest BCUT2D eigenvalue weighted by atomic mass is 16.6. The van der Waals surface area contributed by atoms with E-state index in [1.807, 2.05) is 32.6 Å². The fourth-order valence-electron chi connectivity index (χ4n) is 6.08. The van der Waals surface area contributed by atoms with Crippen LogP contribution >= 0.6 is 0 Å². The van der Waals surface area contributed by atoms with Crippen molar-refractivity contribution in [2.75, 3.05) is 26.2 Å². The first-order chi connectivity index (χ1) is 27.1. The highest BCUT2D eigenvalue weighted by Gasteiger charge is 2.25. The lowest BCUT2D eigenvalue weighted by molar-refractivity contribution is -0.128. The summed E-state index contributed by atoms with van der Waals surface area (Å²) in [5.41, 5.74) is 8.94. The molecule has 304 valence electrons. The molecule has 0 saturated carbocycles. The van der Waals surface area contributed by atoms with Crippen LogP contribution in [0.1, 0.15) is 119 Å². The summed E-state index contributed by atoms with van der Waals surface area (Å²) in [5.74, 6) is -0.927. The molecule has 2 aromatic carbocycles. The van der Waals surface area contributed by atoms with Crippen molar-refractivity contribution in [2.24, 2.45) is 15.7 Å². The Morgan fingerprint density at radius 1 is 0.702 bits per heavy atom. The van der Waals surface area contributed by atoms with E-state index < -0.39 is 23.3 Å². The van der Waals surface area contributed by atoms with E-state index in [4.69, 9.17) is 10.5 Å². The Kier molecular flexibility index (Phi) is 16.9. The normalized spacial score (nSPS) is 13.2. The molecular weight excluding hydrogens is 729 g/mol. The Balaban J connectivity index is 0.000000315. The number of nitrogens with zero attached hydrogens (tertiary/aromatic N) is 4. The number of aldehydes is 2. The van der Waals surface area contributed by atoms with E-state index in [1.165, 1.54) is 18.2 Å². The largest absolute Gasteiger partial charge is 0.444 e. The first-order valence-electron chi connectivity index (χ1n) is 19.2. The third-order valence-electron chi connectivity index (χ3n) is 8.50. The predicted octanol–water partition coefficient (Wildman–Crippen LogP) is 6.55. The first-order valence-corrected chi connectivity index (χ1v) is 19.2. The summed E-state index contributed by atoms with van der Waals surface area (Å²) < 4.78 is 5.32. The van der Waals surface area contributed by atoms with Gasteiger partial charge < -0.3 is 20.3 Å². The molecule has 2 heterocycles. The van der Waals surface area contributed by atoms with Gasteiger partial charge in [0.15, 0.2) is 12.6 Å². The summed E-state index contributed by atoms with van der Waals surface area (Å²) in [6, 6.07) is 9.41. The van der Waals surface area contributed by atoms with E-state index in [-0.39, 0.29) is 54.2 Å². The van der Waals surface area contributed by atoms with Crippen LogP contribution in [0.4, 0.5) is 16.2 Å². The number of carbonyl (C=O) groups is 7. The number of nitrogens with one attached hydrogen (secondary N) is 1. The predicted molar refractivity (Wildman–Crippen MR) is 221 cm³/mol. The van der Waals surface area contributed by atoms with Crippen molar-refractivity contribution >= 4 is 77.2 Å². The Morgan fingerprint density at radius 2 is 1.12 bits per heavy atom. The molecule has 0 aromatic heterocycles. The molecule has 14 heteroatoms. The van der Waals surface area contributed by atoms with Gasteiger partial charge in [0.25, 0.3) is 0 Å². The Morgan fingerprint density at radius 3 is 1.53 bits per heavy atom. The zero-order valence-corrected chi connectivity index (χ0v) is 34.0. The molecule has 14 nitrogen and oxygen atoms in total. The van der Waals surface area contributed by atoms with Crippen LogP contribution in [-0.2, 0) is 23.9 Å². The zero-order chi connectivity index (χ0) is 42.3. The number of Topliss-reactive ketones (excluding diaryl/α,β-unsaturated/α-hetero) is 2. The third kappa shape index (κ3) is 13.3. The number of hydrogen-bond acceptors (Lipinski definition) is 11. The second kappa shape index (κ2) is 21.3. The van der Waals surface area contributed by atoms with Crippen LogP contribution in [0.5, 0.6) is 0 Å². The molecule has 0 radical (unpaired) electrons. The lowest BCUT2D eigenvalue weighted by Gasteiger charge is -2.23. The van der Waals surface area contributed by atoms with E-state index in [0.29, 0.717) is 65.7 Å². The van der Waals surface area contributed by atoms with Crippen molar-refractivity contribution in [3.63, 3.8) is 0 Å². The Labute approximate surface area is 334 Å². The fraction of sp³-hybridized carbons (Fsp3) is 0.419. The molecule has 0 unspecified atom stereocenters. The van der Waals surface area contributed by atoms with Gasteiger partial charge in [-0.2, -0.15) is 0 Å². The van der Waals surface area contributed by atoms with Crippen molar-refractivity contribution in [1.29, 1.82) is 0 Å².